The molecule has 0 spiro atoms. The van der Waals surface area contributed by atoms with Crippen LogP contribution in [0.5, 0.6) is 5.75 Å². The molecule has 1 aromatic heterocycles. The zero-order valence-corrected chi connectivity index (χ0v) is 21.4. The van der Waals surface area contributed by atoms with E-state index in [1.165, 1.54) is 6.07 Å². The Morgan fingerprint density at radius 2 is 1.80 bits per heavy atom. The average molecular weight is 556 g/mol. The Morgan fingerprint density at radius 3 is 2.49 bits per heavy atom. The number of ether oxygens (including phenoxy) is 1. The van der Waals surface area contributed by atoms with Crippen LogP contribution in [-0.4, -0.2) is 46.3 Å². The first-order chi connectivity index (χ1) is 17.0. The van der Waals surface area contributed by atoms with Gasteiger partial charge in [0.25, 0.3) is 0 Å². The van der Waals surface area contributed by atoms with Crippen LogP contribution in [0.15, 0.2) is 59.2 Å². The number of aromatic nitrogens is 1. The summed E-state index contributed by atoms with van der Waals surface area (Å²) < 4.78 is 21.4. The molecule has 3 aromatic rings. The van der Waals surface area contributed by atoms with E-state index in [-0.39, 0.29) is 11.8 Å². The van der Waals surface area contributed by atoms with Crippen molar-refractivity contribution in [3.63, 3.8) is 0 Å². The molecular formula is C28H25BrClFN2O2. The normalized spacial score (nSPS) is 21.4. The predicted molar refractivity (Wildman–Crippen MR) is 139 cm³/mol. The minimum atomic E-state index is -0.469. The molecule has 0 amide bonds. The monoisotopic (exact) mass is 554 g/mol. The standard InChI is InChI=1S/C28H25BrClFN2O2/c29-25-13-18(1-9-27-26(31)14-20(17-32-27)19-3-5-21(30)6-4-19)2-10-28(25)35-12-11-33-22-7-8-23(33)16-24(34)15-22/h2-6,10,13-14,17,22-24,34H,7-8,11-12,15-16H2. The number of piperidine rings is 1. The van der Waals surface area contributed by atoms with Crippen LogP contribution in [0.3, 0.4) is 0 Å². The van der Waals surface area contributed by atoms with E-state index >= 15 is 0 Å². The van der Waals surface area contributed by atoms with Gasteiger partial charge in [0.2, 0.25) is 0 Å². The first-order valence-electron chi connectivity index (χ1n) is 11.8. The summed E-state index contributed by atoms with van der Waals surface area (Å²) in [6.45, 7) is 1.44. The van der Waals surface area contributed by atoms with Gasteiger partial charge in [-0.1, -0.05) is 29.7 Å². The summed E-state index contributed by atoms with van der Waals surface area (Å²) >= 11 is 9.48. The highest BCUT2D eigenvalue weighted by Crippen LogP contribution is 2.35. The Morgan fingerprint density at radius 1 is 1.06 bits per heavy atom. The number of aliphatic hydroxyl groups excluding tert-OH is 1. The van der Waals surface area contributed by atoms with Crippen molar-refractivity contribution >= 4 is 27.5 Å². The zero-order valence-electron chi connectivity index (χ0n) is 19.1. The molecule has 180 valence electrons. The molecule has 2 unspecified atom stereocenters. The molecule has 2 bridgehead atoms. The summed E-state index contributed by atoms with van der Waals surface area (Å²) in [7, 11) is 0. The first-order valence-corrected chi connectivity index (χ1v) is 12.9. The van der Waals surface area contributed by atoms with Crippen molar-refractivity contribution < 1.29 is 14.2 Å². The molecule has 2 fully saturated rings. The predicted octanol–water partition coefficient (Wildman–Crippen LogP) is 6.07. The number of nitrogens with zero attached hydrogens (tertiary/aromatic N) is 2. The van der Waals surface area contributed by atoms with Crippen molar-refractivity contribution in [2.75, 3.05) is 13.2 Å². The molecule has 0 radical (unpaired) electrons. The molecule has 4 nitrogen and oxygen atoms in total. The molecule has 2 saturated heterocycles. The SMILES string of the molecule is OC1CC2CCC(C1)N2CCOc1ccc(C#Cc2ncc(-c3ccc(Cl)cc3)cc2F)cc1Br. The largest absolute Gasteiger partial charge is 0.491 e. The van der Waals surface area contributed by atoms with Gasteiger partial charge in [-0.2, -0.15) is 0 Å². The first kappa shape index (κ1) is 24.3. The van der Waals surface area contributed by atoms with E-state index in [1.807, 2.05) is 30.3 Å². The van der Waals surface area contributed by atoms with Crippen molar-refractivity contribution in [1.29, 1.82) is 0 Å². The van der Waals surface area contributed by atoms with Crippen LogP contribution in [0.2, 0.25) is 5.02 Å². The lowest BCUT2D eigenvalue weighted by molar-refractivity contribution is 0.0287. The lowest BCUT2D eigenvalue weighted by atomic mass is 10.0. The van der Waals surface area contributed by atoms with Crippen molar-refractivity contribution in [3.05, 3.63) is 81.3 Å². The van der Waals surface area contributed by atoms with Crippen LogP contribution in [0.4, 0.5) is 4.39 Å². The second-order valence-electron chi connectivity index (χ2n) is 9.05. The minimum absolute atomic E-state index is 0.0976. The van der Waals surface area contributed by atoms with Crippen molar-refractivity contribution in [3.8, 4) is 28.7 Å². The topological polar surface area (TPSA) is 45.6 Å². The van der Waals surface area contributed by atoms with Gasteiger partial charge in [-0.05, 0) is 89.5 Å². The molecule has 7 heteroatoms. The third-order valence-electron chi connectivity index (χ3n) is 6.74. The van der Waals surface area contributed by atoms with Gasteiger partial charge in [0.15, 0.2) is 5.82 Å². The Hall–Kier alpha value is -2.43. The van der Waals surface area contributed by atoms with E-state index < -0.39 is 5.82 Å². The number of benzene rings is 2. The zero-order chi connectivity index (χ0) is 24.4. The van der Waals surface area contributed by atoms with E-state index in [2.05, 4.69) is 37.7 Å². The molecule has 3 heterocycles. The highest BCUT2D eigenvalue weighted by Gasteiger charge is 2.39. The third-order valence-corrected chi connectivity index (χ3v) is 7.61. The maximum absolute atomic E-state index is 14.6. The second kappa shape index (κ2) is 10.7. The van der Waals surface area contributed by atoms with Gasteiger partial charge in [0.05, 0.1) is 10.6 Å². The number of aliphatic hydroxyl groups is 1. The molecule has 0 aliphatic carbocycles. The Bertz CT molecular complexity index is 1260. The Balaban J connectivity index is 1.20. The molecule has 0 saturated carbocycles. The van der Waals surface area contributed by atoms with Crippen molar-refractivity contribution in [1.82, 2.24) is 9.88 Å². The van der Waals surface area contributed by atoms with E-state index in [0.29, 0.717) is 29.3 Å². The van der Waals surface area contributed by atoms with Gasteiger partial charge in [0, 0.05) is 41.0 Å². The summed E-state index contributed by atoms with van der Waals surface area (Å²) in [6.07, 6.45) is 5.52. The molecular weight excluding hydrogens is 531 g/mol. The molecule has 2 atom stereocenters. The van der Waals surface area contributed by atoms with E-state index in [4.69, 9.17) is 16.3 Å². The lowest BCUT2D eigenvalue weighted by Crippen LogP contribution is -2.46. The number of rotatable bonds is 5. The highest BCUT2D eigenvalue weighted by atomic mass is 79.9. The minimum Gasteiger partial charge on any atom is -0.491 e. The molecule has 2 aliphatic heterocycles. The second-order valence-corrected chi connectivity index (χ2v) is 10.3. The van der Waals surface area contributed by atoms with Crippen molar-refractivity contribution in [2.24, 2.45) is 0 Å². The summed E-state index contributed by atoms with van der Waals surface area (Å²) in [5, 5.41) is 10.6. The molecule has 2 aromatic carbocycles. The Labute approximate surface area is 218 Å². The number of pyridine rings is 1. The van der Waals surface area contributed by atoms with Gasteiger partial charge in [-0.3, -0.25) is 4.90 Å². The van der Waals surface area contributed by atoms with Gasteiger partial charge >= 0.3 is 0 Å². The van der Waals surface area contributed by atoms with Crippen LogP contribution < -0.4 is 4.74 Å². The smallest absolute Gasteiger partial charge is 0.158 e. The van der Waals surface area contributed by atoms with Crippen LogP contribution in [0.25, 0.3) is 11.1 Å². The van der Waals surface area contributed by atoms with Crippen molar-refractivity contribution in [2.45, 2.75) is 43.9 Å². The average Bonchev–Trinajstić information content (AvgIpc) is 3.08. The van der Waals surface area contributed by atoms with Crippen LogP contribution in [0.1, 0.15) is 36.9 Å². The number of hydrogen-bond donors (Lipinski definition) is 1. The summed E-state index contributed by atoms with van der Waals surface area (Å²) in [5.74, 6) is 6.08. The molecule has 5 rings (SSSR count). The quantitative estimate of drug-likeness (QED) is 0.388. The fourth-order valence-electron chi connectivity index (χ4n) is 5.03. The maximum Gasteiger partial charge on any atom is 0.158 e. The van der Waals surface area contributed by atoms with Gasteiger partial charge in [-0.25, -0.2) is 9.37 Å². The van der Waals surface area contributed by atoms with Gasteiger partial charge < -0.3 is 9.84 Å². The van der Waals surface area contributed by atoms with E-state index in [1.54, 1.807) is 18.3 Å². The van der Waals surface area contributed by atoms with Crippen LogP contribution in [-0.2, 0) is 0 Å². The molecule has 2 aliphatic rings. The fourth-order valence-corrected chi connectivity index (χ4v) is 5.65. The van der Waals surface area contributed by atoms with Gasteiger partial charge in [-0.15, -0.1) is 0 Å². The molecule has 1 N–H and O–H groups in total. The Kier molecular flexibility index (Phi) is 7.40. The number of fused-ring (bicyclic) bond motifs is 2. The maximum atomic E-state index is 14.6. The van der Waals surface area contributed by atoms with Crippen LogP contribution in [0, 0.1) is 17.7 Å². The number of halogens is 3. The number of hydrogen-bond acceptors (Lipinski definition) is 4. The third kappa shape index (κ3) is 5.70. The summed E-state index contributed by atoms with van der Waals surface area (Å²) in [5.41, 5.74) is 2.34. The summed E-state index contributed by atoms with van der Waals surface area (Å²) in [4.78, 5) is 6.69. The lowest BCUT2D eigenvalue weighted by Gasteiger charge is -2.36. The van der Waals surface area contributed by atoms with Crippen LogP contribution >= 0.6 is 27.5 Å². The van der Waals surface area contributed by atoms with E-state index in [9.17, 15) is 9.50 Å². The highest BCUT2D eigenvalue weighted by molar-refractivity contribution is 9.10. The van der Waals surface area contributed by atoms with Gasteiger partial charge in [0.1, 0.15) is 18.1 Å². The molecule has 35 heavy (non-hydrogen) atoms. The summed E-state index contributed by atoms with van der Waals surface area (Å²) in [6, 6.07) is 15.1. The fraction of sp³-hybridized carbons (Fsp3) is 0.321. The van der Waals surface area contributed by atoms with E-state index in [0.717, 1.165) is 53.6 Å².